The minimum atomic E-state index is -0.190. The van der Waals surface area contributed by atoms with E-state index in [4.69, 9.17) is 4.74 Å². The van der Waals surface area contributed by atoms with Crippen molar-refractivity contribution in [3.8, 4) is 5.75 Å². The number of benzene rings is 2. The van der Waals surface area contributed by atoms with Gasteiger partial charge in [-0.2, -0.15) is 5.10 Å². The Hall–Kier alpha value is -2.62. The lowest BCUT2D eigenvalue weighted by atomic mass is 10.0. The van der Waals surface area contributed by atoms with Crippen LogP contribution in [-0.2, 0) is 0 Å². The minimum Gasteiger partial charge on any atom is -0.492 e. The van der Waals surface area contributed by atoms with Gasteiger partial charge in [-0.1, -0.05) is 30.3 Å². The number of carbonyl (C=O) groups is 1. The van der Waals surface area contributed by atoms with Crippen LogP contribution in [0.2, 0.25) is 0 Å². The molecule has 1 N–H and O–H groups in total. The molecule has 0 atom stereocenters. The summed E-state index contributed by atoms with van der Waals surface area (Å²) < 4.78 is 5.57. The largest absolute Gasteiger partial charge is 0.492 e. The molecule has 2 aromatic rings. The fourth-order valence-corrected chi connectivity index (χ4v) is 2.35. The monoisotopic (exact) mass is 280 g/mol. The number of aryl methyl sites for hydroxylation is 1. The van der Waals surface area contributed by atoms with Crippen molar-refractivity contribution in [2.45, 2.75) is 13.3 Å². The van der Waals surface area contributed by atoms with Gasteiger partial charge in [-0.25, -0.2) is 5.43 Å². The summed E-state index contributed by atoms with van der Waals surface area (Å²) in [6, 6.07) is 15.2. The van der Waals surface area contributed by atoms with E-state index in [0.29, 0.717) is 18.6 Å². The van der Waals surface area contributed by atoms with Crippen LogP contribution >= 0.6 is 0 Å². The number of para-hydroxylation sites is 1. The molecule has 0 aromatic heterocycles. The lowest BCUT2D eigenvalue weighted by Crippen LogP contribution is -2.24. The molecule has 4 nitrogen and oxygen atoms in total. The highest BCUT2D eigenvalue weighted by Gasteiger charge is 2.16. The lowest BCUT2D eigenvalue weighted by Gasteiger charge is -2.18. The van der Waals surface area contributed by atoms with Crippen LogP contribution in [0.4, 0.5) is 0 Å². The smallest absolute Gasteiger partial charge is 0.271 e. The number of hydrogen-bond donors (Lipinski definition) is 1. The summed E-state index contributed by atoms with van der Waals surface area (Å²) in [7, 11) is 0. The van der Waals surface area contributed by atoms with Gasteiger partial charge in [0.15, 0.2) is 0 Å². The lowest BCUT2D eigenvalue weighted by molar-refractivity contribution is 0.0954. The van der Waals surface area contributed by atoms with Crippen molar-refractivity contribution >= 4 is 11.6 Å². The highest BCUT2D eigenvalue weighted by atomic mass is 16.5. The van der Waals surface area contributed by atoms with E-state index >= 15 is 0 Å². The Kier molecular flexibility index (Phi) is 3.69. The number of hydrogen-bond acceptors (Lipinski definition) is 3. The molecule has 3 rings (SSSR count). The average molecular weight is 280 g/mol. The Balaban J connectivity index is 1.82. The molecule has 0 unspecified atom stereocenters. The molecule has 1 amide bonds. The molecule has 0 radical (unpaired) electrons. The molecule has 106 valence electrons. The van der Waals surface area contributed by atoms with E-state index in [1.165, 1.54) is 0 Å². The fourth-order valence-electron chi connectivity index (χ4n) is 2.35. The Bertz CT molecular complexity index is 707. The molecule has 1 heterocycles. The summed E-state index contributed by atoms with van der Waals surface area (Å²) in [4.78, 5) is 12.2. The molecular weight excluding hydrogens is 264 g/mol. The summed E-state index contributed by atoms with van der Waals surface area (Å²) in [5.41, 5.74) is 6.00. The fraction of sp³-hybridized carbons (Fsp3) is 0.176. The average Bonchev–Trinajstić information content (AvgIpc) is 2.53. The van der Waals surface area contributed by atoms with Crippen molar-refractivity contribution in [1.29, 1.82) is 0 Å². The highest BCUT2D eigenvalue weighted by molar-refractivity contribution is 6.05. The standard InChI is InChI=1S/C17H16N2O2/c1-12-6-2-3-7-13(12)17(20)19-18-15-10-11-21-16-9-5-4-8-14(15)16/h2-9H,10-11H2,1H3,(H,19,20)/b18-15-. The van der Waals surface area contributed by atoms with E-state index < -0.39 is 0 Å². The molecule has 2 aromatic carbocycles. The molecule has 1 aliphatic heterocycles. The second-order valence-electron chi connectivity index (χ2n) is 4.91. The van der Waals surface area contributed by atoms with E-state index in [0.717, 1.165) is 22.6 Å². The zero-order valence-corrected chi connectivity index (χ0v) is 11.8. The maximum Gasteiger partial charge on any atom is 0.271 e. The highest BCUT2D eigenvalue weighted by Crippen LogP contribution is 2.24. The van der Waals surface area contributed by atoms with Gasteiger partial charge in [0.2, 0.25) is 0 Å². The molecule has 4 heteroatoms. The quantitative estimate of drug-likeness (QED) is 0.860. The van der Waals surface area contributed by atoms with Crippen molar-refractivity contribution in [2.75, 3.05) is 6.61 Å². The first-order chi connectivity index (χ1) is 10.3. The zero-order valence-electron chi connectivity index (χ0n) is 11.8. The second-order valence-corrected chi connectivity index (χ2v) is 4.91. The van der Waals surface area contributed by atoms with Gasteiger partial charge >= 0.3 is 0 Å². The van der Waals surface area contributed by atoms with Gasteiger partial charge in [-0.15, -0.1) is 0 Å². The molecule has 0 spiro atoms. The Morgan fingerprint density at radius 3 is 2.76 bits per heavy atom. The van der Waals surface area contributed by atoms with E-state index in [2.05, 4.69) is 10.5 Å². The van der Waals surface area contributed by atoms with Crippen LogP contribution in [-0.4, -0.2) is 18.2 Å². The van der Waals surface area contributed by atoms with E-state index in [1.807, 2.05) is 49.4 Å². The number of ether oxygens (including phenoxy) is 1. The first kappa shape index (κ1) is 13.4. The molecule has 1 aliphatic rings. The van der Waals surface area contributed by atoms with Crippen molar-refractivity contribution in [2.24, 2.45) is 5.10 Å². The summed E-state index contributed by atoms with van der Waals surface area (Å²) in [5, 5.41) is 4.28. The van der Waals surface area contributed by atoms with Gasteiger partial charge in [0, 0.05) is 17.5 Å². The first-order valence-corrected chi connectivity index (χ1v) is 6.90. The van der Waals surface area contributed by atoms with Gasteiger partial charge < -0.3 is 4.74 Å². The van der Waals surface area contributed by atoms with Gasteiger partial charge in [0.1, 0.15) is 5.75 Å². The zero-order chi connectivity index (χ0) is 14.7. The maximum absolute atomic E-state index is 12.2. The molecule has 21 heavy (non-hydrogen) atoms. The van der Waals surface area contributed by atoms with Crippen LogP contribution in [0.3, 0.4) is 0 Å². The number of nitrogens with one attached hydrogen (secondary N) is 1. The number of hydrazone groups is 1. The summed E-state index contributed by atoms with van der Waals surface area (Å²) in [6.45, 7) is 2.49. The minimum absolute atomic E-state index is 0.190. The molecule has 0 bridgehead atoms. The molecule has 0 aliphatic carbocycles. The van der Waals surface area contributed by atoms with E-state index in [1.54, 1.807) is 6.07 Å². The second kappa shape index (κ2) is 5.79. The predicted molar refractivity (Wildman–Crippen MR) is 81.7 cm³/mol. The van der Waals surface area contributed by atoms with Crippen LogP contribution in [0.15, 0.2) is 53.6 Å². The van der Waals surface area contributed by atoms with Gasteiger partial charge in [-0.3, -0.25) is 4.79 Å². The Morgan fingerprint density at radius 1 is 1.14 bits per heavy atom. The van der Waals surface area contributed by atoms with E-state index in [9.17, 15) is 4.79 Å². The number of amides is 1. The molecular formula is C17H16N2O2. The summed E-state index contributed by atoms with van der Waals surface area (Å²) in [5.74, 6) is 0.622. The normalized spacial score (nSPS) is 15.2. The summed E-state index contributed by atoms with van der Waals surface area (Å²) >= 11 is 0. The van der Waals surface area contributed by atoms with Crippen LogP contribution in [0.5, 0.6) is 5.75 Å². The number of rotatable bonds is 2. The molecule has 0 saturated carbocycles. The van der Waals surface area contributed by atoms with Crippen molar-refractivity contribution in [1.82, 2.24) is 5.43 Å². The van der Waals surface area contributed by atoms with Gasteiger partial charge in [0.25, 0.3) is 5.91 Å². The van der Waals surface area contributed by atoms with Crippen LogP contribution < -0.4 is 10.2 Å². The number of nitrogens with zero attached hydrogens (tertiary/aromatic N) is 1. The SMILES string of the molecule is Cc1ccccc1C(=O)N/N=C1/CCOc2ccccc21. The Morgan fingerprint density at radius 2 is 1.90 bits per heavy atom. The predicted octanol–water partition coefficient (Wildman–Crippen LogP) is 2.91. The number of carbonyl (C=O) groups excluding carboxylic acids is 1. The van der Waals surface area contributed by atoms with Crippen LogP contribution in [0.25, 0.3) is 0 Å². The number of fused-ring (bicyclic) bond motifs is 1. The maximum atomic E-state index is 12.2. The third-order valence-electron chi connectivity index (χ3n) is 3.48. The van der Waals surface area contributed by atoms with E-state index in [-0.39, 0.29) is 5.91 Å². The topological polar surface area (TPSA) is 50.7 Å². The van der Waals surface area contributed by atoms with Crippen LogP contribution in [0, 0.1) is 6.92 Å². The van der Waals surface area contributed by atoms with Crippen molar-refractivity contribution in [3.63, 3.8) is 0 Å². The first-order valence-electron chi connectivity index (χ1n) is 6.90. The van der Waals surface area contributed by atoms with Crippen molar-refractivity contribution in [3.05, 3.63) is 65.2 Å². The van der Waals surface area contributed by atoms with Gasteiger partial charge in [0.05, 0.1) is 12.3 Å². The van der Waals surface area contributed by atoms with Crippen molar-refractivity contribution < 1.29 is 9.53 Å². The molecule has 0 fully saturated rings. The van der Waals surface area contributed by atoms with Crippen LogP contribution in [0.1, 0.15) is 27.9 Å². The van der Waals surface area contributed by atoms with Gasteiger partial charge in [-0.05, 0) is 30.7 Å². The molecule has 0 saturated heterocycles. The third kappa shape index (κ3) is 2.79. The summed E-state index contributed by atoms with van der Waals surface area (Å²) in [6.07, 6.45) is 0.686. The Labute approximate surface area is 123 Å². The third-order valence-corrected chi connectivity index (χ3v) is 3.48.